The molecule has 7 nitrogen and oxygen atoms in total. The molecule has 0 fully saturated rings. The number of carboxylic acid groups (broad SMARTS) is 1. The van der Waals surface area contributed by atoms with E-state index in [0.717, 1.165) is 0 Å². The molecule has 0 aliphatic heterocycles. The molecule has 0 atom stereocenters. The summed E-state index contributed by atoms with van der Waals surface area (Å²) in [4.78, 5) is 23.7. The quantitative estimate of drug-likeness (QED) is 0.690. The van der Waals surface area contributed by atoms with Gasteiger partial charge in [0.05, 0.1) is 13.1 Å². The Kier molecular flexibility index (Phi) is 5.57. The van der Waals surface area contributed by atoms with Gasteiger partial charge in [-0.1, -0.05) is 11.1 Å². The Morgan fingerprint density at radius 3 is 2.89 bits per heavy atom. The number of anilines is 1. The maximum absolute atomic E-state index is 11.6. The van der Waals surface area contributed by atoms with E-state index in [1.165, 1.54) is 4.90 Å². The van der Waals surface area contributed by atoms with Gasteiger partial charge < -0.3 is 14.9 Å². The van der Waals surface area contributed by atoms with Gasteiger partial charge in [0.1, 0.15) is 5.76 Å². The van der Waals surface area contributed by atoms with Crippen molar-refractivity contribution in [2.24, 2.45) is 0 Å². The number of carbonyl (C=O) groups is 2. The van der Waals surface area contributed by atoms with Crippen molar-refractivity contribution in [1.29, 1.82) is 0 Å². The van der Waals surface area contributed by atoms with Gasteiger partial charge in [-0.15, -0.1) is 6.42 Å². The summed E-state index contributed by atoms with van der Waals surface area (Å²) in [5.41, 5.74) is 0. The maximum atomic E-state index is 11.6. The van der Waals surface area contributed by atoms with Crippen LogP contribution in [0.5, 0.6) is 0 Å². The Labute approximate surface area is 110 Å². The number of hydrogen-bond acceptors (Lipinski definition) is 5. The van der Waals surface area contributed by atoms with Gasteiger partial charge in [-0.25, -0.2) is 0 Å². The number of amides is 1. The summed E-state index contributed by atoms with van der Waals surface area (Å²) in [6.45, 7) is 1.96. The lowest BCUT2D eigenvalue weighted by Crippen LogP contribution is -2.33. The number of nitrogens with one attached hydrogen (secondary N) is 1. The molecule has 102 valence electrons. The van der Waals surface area contributed by atoms with Gasteiger partial charge in [-0.2, -0.15) is 0 Å². The molecule has 7 heteroatoms. The minimum Gasteiger partial charge on any atom is -0.480 e. The minimum atomic E-state index is -0.984. The number of aryl methyl sites for hydroxylation is 1. The molecule has 19 heavy (non-hydrogen) atoms. The van der Waals surface area contributed by atoms with E-state index >= 15 is 0 Å². The van der Waals surface area contributed by atoms with Gasteiger partial charge in [-0.05, 0) is 6.92 Å². The second kappa shape index (κ2) is 7.18. The van der Waals surface area contributed by atoms with E-state index in [-0.39, 0.29) is 32.0 Å². The molecule has 1 heterocycles. The van der Waals surface area contributed by atoms with Crippen LogP contribution in [0.2, 0.25) is 0 Å². The van der Waals surface area contributed by atoms with Crippen LogP contribution in [0.25, 0.3) is 0 Å². The number of aliphatic carboxylic acids is 1. The Morgan fingerprint density at radius 2 is 2.37 bits per heavy atom. The number of nitrogens with zero attached hydrogens (tertiary/aromatic N) is 2. The van der Waals surface area contributed by atoms with Crippen molar-refractivity contribution in [2.45, 2.75) is 13.3 Å². The second-order valence-electron chi connectivity index (χ2n) is 3.93. The van der Waals surface area contributed by atoms with E-state index in [0.29, 0.717) is 11.6 Å². The van der Waals surface area contributed by atoms with Crippen LogP contribution < -0.4 is 5.32 Å². The zero-order chi connectivity index (χ0) is 14.3. The molecule has 2 N–H and O–H groups in total. The molecular weight excluding hydrogens is 250 g/mol. The topological polar surface area (TPSA) is 95.7 Å². The Hall–Kier alpha value is -2.33. The van der Waals surface area contributed by atoms with Crippen LogP contribution in [-0.2, 0) is 9.59 Å². The molecule has 0 saturated carbocycles. The van der Waals surface area contributed by atoms with Crippen molar-refractivity contribution >= 4 is 17.7 Å². The normalized spacial score (nSPS) is 10.2. The number of hydrogen-bond donors (Lipinski definition) is 2. The zero-order valence-electron chi connectivity index (χ0n) is 10.5. The molecule has 1 aromatic heterocycles. The molecule has 1 amide bonds. The largest absolute Gasteiger partial charge is 0.480 e. The van der Waals surface area contributed by atoms with Gasteiger partial charge >= 0.3 is 5.97 Å². The van der Waals surface area contributed by atoms with Crippen LogP contribution in [0.15, 0.2) is 10.6 Å². The number of carbonyl (C=O) groups excluding carboxylic acids is 1. The predicted molar refractivity (Wildman–Crippen MR) is 67.4 cm³/mol. The van der Waals surface area contributed by atoms with E-state index in [4.69, 9.17) is 16.1 Å². The zero-order valence-corrected chi connectivity index (χ0v) is 10.5. The van der Waals surface area contributed by atoms with Crippen LogP contribution in [0, 0.1) is 19.3 Å². The summed E-state index contributed by atoms with van der Waals surface area (Å²) in [7, 11) is 0. The van der Waals surface area contributed by atoms with Crippen molar-refractivity contribution in [3.8, 4) is 12.3 Å². The molecule has 0 saturated heterocycles. The van der Waals surface area contributed by atoms with Crippen molar-refractivity contribution in [3.63, 3.8) is 0 Å². The van der Waals surface area contributed by atoms with E-state index in [1.807, 2.05) is 0 Å². The van der Waals surface area contributed by atoms with Gasteiger partial charge in [0.15, 0.2) is 5.82 Å². The number of aromatic nitrogens is 1. The molecule has 0 radical (unpaired) electrons. The fourth-order valence-electron chi connectivity index (χ4n) is 1.42. The van der Waals surface area contributed by atoms with E-state index < -0.39 is 5.97 Å². The summed E-state index contributed by atoms with van der Waals surface area (Å²) >= 11 is 0. The average Bonchev–Trinajstić information content (AvgIpc) is 2.71. The highest BCUT2D eigenvalue weighted by molar-refractivity contribution is 5.89. The van der Waals surface area contributed by atoms with Crippen LogP contribution in [0.3, 0.4) is 0 Å². The van der Waals surface area contributed by atoms with Crippen molar-refractivity contribution in [1.82, 2.24) is 10.1 Å². The highest BCUT2D eigenvalue weighted by atomic mass is 16.5. The molecule has 0 aliphatic rings. The first-order valence-electron chi connectivity index (χ1n) is 5.62. The summed E-state index contributed by atoms with van der Waals surface area (Å²) in [5.74, 6) is 2.02. The van der Waals surface area contributed by atoms with Gasteiger partial charge in [0, 0.05) is 19.0 Å². The van der Waals surface area contributed by atoms with Crippen LogP contribution >= 0.6 is 0 Å². The fourth-order valence-corrected chi connectivity index (χ4v) is 1.42. The van der Waals surface area contributed by atoms with E-state index in [9.17, 15) is 9.59 Å². The number of carboxylic acids is 1. The first-order valence-corrected chi connectivity index (χ1v) is 5.62. The third kappa shape index (κ3) is 5.70. The Bertz CT molecular complexity index is 489. The second-order valence-corrected chi connectivity index (χ2v) is 3.93. The molecular formula is C12H15N3O4. The van der Waals surface area contributed by atoms with Crippen molar-refractivity contribution < 1.29 is 19.2 Å². The monoisotopic (exact) mass is 265 g/mol. The molecule has 0 bridgehead atoms. The molecule has 0 aliphatic carbocycles. The van der Waals surface area contributed by atoms with Gasteiger partial charge in [0.25, 0.3) is 0 Å². The number of rotatable bonds is 7. The molecule has 0 spiro atoms. The highest BCUT2D eigenvalue weighted by Gasteiger charge is 2.12. The Morgan fingerprint density at radius 1 is 1.63 bits per heavy atom. The smallest absolute Gasteiger partial charge is 0.317 e. The van der Waals surface area contributed by atoms with Crippen LogP contribution in [-0.4, -0.2) is 46.7 Å². The minimum absolute atomic E-state index is 0.126. The first kappa shape index (κ1) is 14.7. The summed E-state index contributed by atoms with van der Waals surface area (Å²) < 4.78 is 4.80. The van der Waals surface area contributed by atoms with Crippen molar-refractivity contribution in [3.05, 3.63) is 11.8 Å². The van der Waals surface area contributed by atoms with Crippen LogP contribution in [0.4, 0.5) is 5.82 Å². The molecule has 1 aromatic rings. The standard InChI is InChI=1S/C12H15N3O4/c1-3-5-15(8-12(17)18)6-4-11(16)13-10-7-9(2)19-14-10/h1,7H,4-6,8H2,2H3,(H,17,18)(H,13,14,16). The number of terminal acetylenes is 1. The molecule has 1 rings (SSSR count). The summed E-state index contributed by atoms with van der Waals surface area (Å²) in [6, 6.07) is 1.59. The van der Waals surface area contributed by atoms with Crippen LogP contribution in [0.1, 0.15) is 12.2 Å². The van der Waals surface area contributed by atoms with Gasteiger partial charge in [-0.3, -0.25) is 14.5 Å². The summed E-state index contributed by atoms with van der Waals surface area (Å²) in [6.07, 6.45) is 5.26. The lowest BCUT2D eigenvalue weighted by molar-refractivity contribution is -0.138. The third-order valence-electron chi connectivity index (χ3n) is 2.22. The van der Waals surface area contributed by atoms with E-state index in [2.05, 4.69) is 16.4 Å². The van der Waals surface area contributed by atoms with Gasteiger partial charge in [0.2, 0.25) is 5.91 Å². The lowest BCUT2D eigenvalue weighted by Gasteiger charge is -2.16. The Balaban J connectivity index is 2.39. The van der Waals surface area contributed by atoms with Crippen molar-refractivity contribution in [2.75, 3.05) is 25.0 Å². The first-order chi connectivity index (χ1) is 9.01. The maximum Gasteiger partial charge on any atom is 0.317 e. The predicted octanol–water partition coefficient (Wildman–Crippen LogP) is 0.331. The SMILES string of the molecule is C#CCN(CCC(=O)Nc1cc(C)on1)CC(=O)O. The van der Waals surface area contributed by atoms with E-state index in [1.54, 1.807) is 13.0 Å². The lowest BCUT2D eigenvalue weighted by atomic mass is 10.3. The fraction of sp³-hybridized carbons (Fsp3) is 0.417. The molecule has 0 aromatic carbocycles. The molecule has 0 unspecified atom stereocenters. The summed E-state index contributed by atoms with van der Waals surface area (Å²) in [5, 5.41) is 14.8. The highest BCUT2D eigenvalue weighted by Crippen LogP contribution is 2.07. The average molecular weight is 265 g/mol. The third-order valence-corrected chi connectivity index (χ3v) is 2.22.